The fourth-order valence-electron chi connectivity index (χ4n) is 7.80. The molecule has 2 aromatic heterocycles. The first kappa shape index (κ1) is 40.9. The summed E-state index contributed by atoms with van der Waals surface area (Å²) in [5.41, 5.74) is 3.69. The summed E-state index contributed by atoms with van der Waals surface area (Å²) >= 11 is 0. The number of methoxy groups -OCH3 is 2. The van der Waals surface area contributed by atoms with Crippen molar-refractivity contribution in [3.05, 3.63) is 77.9 Å². The molecule has 3 unspecified atom stereocenters. The standard InChI is InChI=1S/C42H48N6O11/c1-45-23-26(19-33(45)41(52)56-4)25-12-14-27(15-13-25)44-38(50)32-20-28(24-46(32)2)43-36(49)10-8-18-57-35-22-31-29(21-34(35)55-3)39(51)47-16-7-9-30(47)40(48(31)42(53)54)59-37-11-5-6-17-58-37/h12-15,19-24,30,37,40H,5-11,16-18H2,1-4H3,(H,43,49)(H,44,50)(H,53,54). The van der Waals surface area contributed by atoms with Gasteiger partial charge < -0.3 is 53.5 Å². The van der Waals surface area contributed by atoms with Gasteiger partial charge in [-0.1, -0.05) is 12.1 Å². The maximum absolute atomic E-state index is 13.9. The molecule has 2 aromatic carbocycles. The highest BCUT2D eigenvalue weighted by Gasteiger charge is 2.47. The topological polar surface area (TPSA) is 192 Å². The van der Waals surface area contributed by atoms with Gasteiger partial charge in [0.2, 0.25) is 5.91 Å². The van der Waals surface area contributed by atoms with E-state index in [1.54, 1.807) is 58.6 Å². The Labute approximate surface area is 340 Å². The summed E-state index contributed by atoms with van der Waals surface area (Å²) < 4.78 is 31.9. The van der Waals surface area contributed by atoms with E-state index in [0.717, 1.165) is 28.9 Å². The molecule has 2 saturated heterocycles. The third-order valence-electron chi connectivity index (χ3n) is 10.8. The number of nitrogens with zero attached hydrogens (tertiary/aromatic N) is 4. The quantitative estimate of drug-likeness (QED) is 0.108. The average Bonchev–Trinajstić information content (AvgIpc) is 3.96. The summed E-state index contributed by atoms with van der Waals surface area (Å²) in [5.74, 6) is -0.977. The van der Waals surface area contributed by atoms with Crippen LogP contribution < -0.4 is 25.0 Å². The number of carboxylic acid groups (broad SMARTS) is 1. The summed E-state index contributed by atoms with van der Waals surface area (Å²) in [5, 5.41) is 16.2. The highest BCUT2D eigenvalue weighted by atomic mass is 16.7. The number of rotatable bonds is 13. The van der Waals surface area contributed by atoms with Gasteiger partial charge in [0.15, 0.2) is 24.0 Å². The first-order valence-corrected chi connectivity index (χ1v) is 19.5. The van der Waals surface area contributed by atoms with Crippen LogP contribution in [0.5, 0.6) is 11.5 Å². The first-order valence-electron chi connectivity index (χ1n) is 19.5. The van der Waals surface area contributed by atoms with Crippen LogP contribution in [0.4, 0.5) is 21.9 Å². The highest BCUT2D eigenvalue weighted by Crippen LogP contribution is 2.42. The number of hydrogen-bond acceptors (Lipinski definition) is 10. The number of aryl methyl sites for hydroxylation is 2. The summed E-state index contributed by atoms with van der Waals surface area (Å²) in [7, 11) is 6.22. The van der Waals surface area contributed by atoms with Crippen LogP contribution in [-0.2, 0) is 33.1 Å². The molecule has 0 saturated carbocycles. The molecular weight excluding hydrogens is 764 g/mol. The lowest BCUT2D eigenvalue weighted by Crippen LogP contribution is -2.53. The molecule has 4 amide bonds. The van der Waals surface area contributed by atoms with Crippen molar-refractivity contribution in [1.82, 2.24) is 14.0 Å². The number of benzene rings is 2. The van der Waals surface area contributed by atoms with Gasteiger partial charge in [-0.25, -0.2) is 14.5 Å². The number of aromatic nitrogens is 2. The van der Waals surface area contributed by atoms with Crippen molar-refractivity contribution in [2.45, 2.75) is 63.5 Å². The second kappa shape index (κ2) is 17.7. The van der Waals surface area contributed by atoms with Gasteiger partial charge in [-0.05, 0) is 74.4 Å². The number of fused-ring (bicyclic) bond motifs is 2. The van der Waals surface area contributed by atoms with Crippen molar-refractivity contribution in [3.8, 4) is 22.6 Å². The van der Waals surface area contributed by atoms with Crippen molar-refractivity contribution in [1.29, 1.82) is 0 Å². The van der Waals surface area contributed by atoms with Gasteiger partial charge in [-0.2, -0.15) is 0 Å². The lowest BCUT2D eigenvalue weighted by atomic mass is 10.1. The largest absolute Gasteiger partial charge is 0.493 e. The minimum atomic E-state index is -1.28. The number of hydrogen-bond donors (Lipinski definition) is 3. The van der Waals surface area contributed by atoms with Crippen molar-refractivity contribution in [2.24, 2.45) is 14.1 Å². The van der Waals surface area contributed by atoms with Crippen molar-refractivity contribution in [2.75, 3.05) is 49.5 Å². The molecule has 5 heterocycles. The third-order valence-corrected chi connectivity index (χ3v) is 10.8. The summed E-state index contributed by atoms with van der Waals surface area (Å²) in [4.78, 5) is 67.7. The molecule has 3 aliphatic heterocycles. The van der Waals surface area contributed by atoms with Gasteiger partial charge in [0.1, 0.15) is 11.4 Å². The van der Waals surface area contributed by atoms with Crippen LogP contribution >= 0.6 is 0 Å². The molecule has 0 spiro atoms. The summed E-state index contributed by atoms with van der Waals surface area (Å²) in [6, 6.07) is 13.0. The Morgan fingerprint density at radius 1 is 0.864 bits per heavy atom. The molecule has 7 rings (SSSR count). The van der Waals surface area contributed by atoms with Crippen molar-refractivity contribution >= 4 is 46.8 Å². The molecule has 17 nitrogen and oxygen atoms in total. The molecule has 2 fully saturated rings. The van der Waals surface area contributed by atoms with E-state index in [1.807, 2.05) is 18.3 Å². The zero-order valence-corrected chi connectivity index (χ0v) is 33.4. The molecule has 0 radical (unpaired) electrons. The van der Waals surface area contributed by atoms with E-state index in [2.05, 4.69) is 10.6 Å². The van der Waals surface area contributed by atoms with Crippen LogP contribution in [0.25, 0.3) is 11.1 Å². The molecule has 3 atom stereocenters. The van der Waals surface area contributed by atoms with Crippen LogP contribution in [0.3, 0.4) is 0 Å². The van der Waals surface area contributed by atoms with E-state index in [4.69, 9.17) is 23.7 Å². The Morgan fingerprint density at radius 2 is 1.64 bits per heavy atom. The van der Waals surface area contributed by atoms with E-state index >= 15 is 0 Å². The van der Waals surface area contributed by atoms with Crippen LogP contribution in [0.1, 0.15) is 76.3 Å². The SMILES string of the molecule is COC(=O)c1cc(-c2ccc(NC(=O)c3cc(NC(=O)CCCOc4cc5c(cc4OC)C(=O)N4CCCC4C(OC4CCCCO4)N5C(=O)O)cn3C)cc2)cn1C. The van der Waals surface area contributed by atoms with Crippen molar-refractivity contribution in [3.63, 3.8) is 0 Å². The highest BCUT2D eigenvalue weighted by molar-refractivity contribution is 6.06. The maximum atomic E-state index is 13.9. The van der Waals surface area contributed by atoms with Crippen LogP contribution in [0.2, 0.25) is 0 Å². The molecule has 59 heavy (non-hydrogen) atoms. The minimum Gasteiger partial charge on any atom is -0.493 e. The van der Waals surface area contributed by atoms with Gasteiger partial charge >= 0.3 is 12.1 Å². The average molecular weight is 813 g/mol. The molecule has 312 valence electrons. The fraction of sp³-hybridized carbons (Fsp3) is 0.405. The molecule has 0 bridgehead atoms. The zero-order valence-electron chi connectivity index (χ0n) is 33.4. The fourth-order valence-corrected chi connectivity index (χ4v) is 7.80. The van der Waals surface area contributed by atoms with E-state index in [9.17, 15) is 29.1 Å². The minimum absolute atomic E-state index is 0.0755. The van der Waals surface area contributed by atoms with E-state index in [0.29, 0.717) is 55.2 Å². The second-order valence-electron chi connectivity index (χ2n) is 14.7. The Morgan fingerprint density at radius 3 is 2.36 bits per heavy atom. The van der Waals surface area contributed by atoms with Gasteiger partial charge in [-0.3, -0.25) is 14.4 Å². The maximum Gasteiger partial charge on any atom is 0.414 e. The smallest absolute Gasteiger partial charge is 0.414 e. The zero-order chi connectivity index (χ0) is 41.8. The second-order valence-corrected chi connectivity index (χ2v) is 14.7. The van der Waals surface area contributed by atoms with Crippen LogP contribution in [0.15, 0.2) is 60.9 Å². The van der Waals surface area contributed by atoms with E-state index < -0.39 is 30.6 Å². The number of ether oxygens (including phenoxy) is 5. The predicted octanol–water partition coefficient (Wildman–Crippen LogP) is 5.85. The molecule has 3 aliphatic rings. The molecule has 3 N–H and O–H groups in total. The van der Waals surface area contributed by atoms with Gasteiger partial charge in [0, 0.05) is 63.4 Å². The Hall–Kier alpha value is -6.33. The monoisotopic (exact) mass is 812 g/mol. The lowest BCUT2D eigenvalue weighted by Gasteiger charge is -2.37. The Balaban J connectivity index is 0.961. The molecule has 4 aromatic rings. The summed E-state index contributed by atoms with van der Waals surface area (Å²) in [6.45, 7) is 1.06. The lowest BCUT2D eigenvalue weighted by molar-refractivity contribution is -0.195. The molecule has 0 aliphatic carbocycles. The number of carbonyl (C=O) groups excluding carboxylic acids is 4. The number of carbonyl (C=O) groups is 5. The molecule has 17 heteroatoms. The predicted molar refractivity (Wildman–Crippen MR) is 215 cm³/mol. The van der Waals surface area contributed by atoms with Crippen LogP contribution in [-0.4, -0.2) is 101 Å². The number of esters is 1. The third kappa shape index (κ3) is 8.75. The van der Waals surface area contributed by atoms with Crippen molar-refractivity contribution < 1.29 is 52.8 Å². The van der Waals surface area contributed by atoms with E-state index in [-0.39, 0.29) is 59.9 Å². The van der Waals surface area contributed by atoms with E-state index in [1.165, 1.54) is 26.4 Å². The van der Waals surface area contributed by atoms with Crippen LogP contribution in [0, 0.1) is 0 Å². The number of amides is 4. The summed E-state index contributed by atoms with van der Waals surface area (Å²) in [6.07, 6.45) is 4.66. The molecular formula is C42H48N6O11. The number of anilines is 3. The van der Waals surface area contributed by atoms with Gasteiger partial charge in [0.25, 0.3) is 11.8 Å². The first-order chi connectivity index (χ1) is 28.4. The van der Waals surface area contributed by atoms with Gasteiger partial charge in [-0.15, -0.1) is 0 Å². The Bertz CT molecular complexity index is 2230. The van der Waals surface area contributed by atoms with Gasteiger partial charge in [0.05, 0.1) is 43.8 Å². The Kier molecular flexibility index (Phi) is 12.2. The normalized spacial score (nSPS) is 18.7. The number of nitrogens with one attached hydrogen (secondary N) is 2.